The molecule has 0 saturated carbocycles. The van der Waals surface area contributed by atoms with E-state index in [2.05, 4.69) is 0 Å². The Morgan fingerprint density at radius 1 is 1.36 bits per heavy atom. The Bertz CT molecular complexity index is 321. The molecular formula is C11H12O3. The predicted octanol–water partition coefficient (Wildman–Crippen LogP) is 1.85. The number of carboxylic acids is 1. The molecule has 1 fully saturated rings. The van der Waals surface area contributed by atoms with Crippen molar-refractivity contribution in [1.29, 1.82) is 0 Å². The molecule has 2 atom stereocenters. The van der Waals surface area contributed by atoms with Crippen molar-refractivity contribution in [2.24, 2.45) is 5.92 Å². The lowest BCUT2D eigenvalue weighted by Gasteiger charge is -2.14. The zero-order valence-electron chi connectivity index (χ0n) is 7.72. The smallest absolute Gasteiger partial charge is 0.309 e. The maximum atomic E-state index is 10.9. The van der Waals surface area contributed by atoms with Gasteiger partial charge < -0.3 is 9.84 Å². The summed E-state index contributed by atoms with van der Waals surface area (Å²) >= 11 is 0. The molecule has 1 aliphatic rings. The fraction of sp³-hybridized carbons (Fsp3) is 0.364. The average molecular weight is 192 g/mol. The monoisotopic (exact) mass is 192 g/mol. The molecule has 0 spiro atoms. The van der Waals surface area contributed by atoms with E-state index in [0.29, 0.717) is 13.0 Å². The second-order valence-corrected chi connectivity index (χ2v) is 3.44. The lowest BCUT2D eigenvalue weighted by molar-refractivity contribution is -0.143. The van der Waals surface area contributed by atoms with Gasteiger partial charge in [0, 0.05) is 6.61 Å². The molecule has 3 nitrogen and oxygen atoms in total. The van der Waals surface area contributed by atoms with Gasteiger partial charge in [0.15, 0.2) is 0 Å². The highest BCUT2D eigenvalue weighted by molar-refractivity contribution is 5.71. The Kier molecular flexibility index (Phi) is 2.50. The first-order valence-electron chi connectivity index (χ1n) is 4.68. The molecule has 0 radical (unpaired) electrons. The molecule has 14 heavy (non-hydrogen) atoms. The highest BCUT2D eigenvalue weighted by atomic mass is 16.5. The minimum Gasteiger partial charge on any atom is -0.481 e. The molecule has 0 aromatic heterocycles. The normalized spacial score (nSPS) is 26.3. The van der Waals surface area contributed by atoms with Crippen molar-refractivity contribution in [3.63, 3.8) is 0 Å². The van der Waals surface area contributed by atoms with Gasteiger partial charge in [-0.05, 0) is 12.0 Å². The molecule has 0 aliphatic carbocycles. The number of benzene rings is 1. The van der Waals surface area contributed by atoms with Gasteiger partial charge in [0.1, 0.15) is 0 Å². The summed E-state index contributed by atoms with van der Waals surface area (Å²) in [5, 5.41) is 8.96. The fourth-order valence-corrected chi connectivity index (χ4v) is 1.81. The minimum absolute atomic E-state index is 0.270. The average Bonchev–Trinajstić information content (AvgIpc) is 2.67. The Morgan fingerprint density at radius 2 is 2.07 bits per heavy atom. The quantitative estimate of drug-likeness (QED) is 0.777. The van der Waals surface area contributed by atoms with Gasteiger partial charge >= 0.3 is 5.97 Å². The van der Waals surface area contributed by atoms with Crippen LogP contribution in [0.3, 0.4) is 0 Å². The summed E-state index contributed by atoms with van der Waals surface area (Å²) in [4.78, 5) is 10.9. The van der Waals surface area contributed by atoms with E-state index in [-0.39, 0.29) is 6.10 Å². The van der Waals surface area contributed by atoms with Gasteiger partial charge in [0.05, 0.1) is 12.0 Å². The number of carboxylic acid groups (broad SMARTS) is 1. The summed E-state index contributed by atoms with van der Waals surface area (Å²) in [7, 11) is 0. The van der Waals surface area contributed by atoms with Crippen molar-refractivity contribution in [3.8, 4) is 0 Å². The zero-order valence-corrected chi connectivity index (χ0v) is 7.72. The van der Waals surface area contributed by atoms with Crippen LogP contribution >= 0.6 is 0 Å². The fourth-order valence-electron chi connectivity index (χ4n) is 1.81. The number of carbonyl (C=O) groups is 1. The largest absolute Gasteiger partial charge is 0.481 e. The van der Waals surface area contributed by atoms with Crippen LogP contribution in [0.1, 0.15) is 18.1 Å². The Morgan fingerprint density at radius 3 is 2.71 bits per heavy atom. The third kappa shape index (κ3) is 1.63. The van der Waals surface area contributed by atoms with E-state index >= 15 is 0 Å². The van der Waals surface area contributed by atoms with Crippen LogP contribution in [0.5, 0.6) is 0 Å². The number of ether oxygens (including phenoxy) is 1. The first-order valence-corrected chi connectivity index (χ1v) is 4.68. The summed E-state index contributed by atoms with van der Waals surface area (Å²) in [6.45, 7) is 0.538. The molecule has 1 aliphatic heterocycles. The highest BCUT2D eigenvalue weighted by Crippen LogP contribution is 2.34. The molecule has 1 aromatic rings. The molecule has 0 amide bonds. The molecular weight excluding hydrogens is 180 g/mol. The van der Waals surface area contributed by atoms with Crippen molar-refractivity contribution < 1.29 is 14.6 Å². The Hall–Kier alpha value is -1.35. The van der Waals surface area contributed by atoms with E-state index in [9.17, 15) is 4.79 Å². The standard InChI is InChI=1S/C11H12O3/c12-11(13)9-6-7-14-10(9)8-4-2-1-3-5-8/h1-5,9-10H,6-7H2,(H,12,13)/t9-,10-/m0/s1. The highest BCUT2D eigenvalue weighted by Gasteiger charge is 2.34. The molecule has 3 heteroatoms. The molecule has 0 unspecified atom stereocenters. The van der Waals surface area contributed by atoms with Crippen LogP contribution in [0.25, 0.3) is 0 Å². The Labute approximate surface area is 82.3 Å². The molecule has 1 heterocycles. The van der Waals surface area contributed by atoms with Crippen LogP contribution in [0.2, 0.25) is 0 Å². The number of hydrogen-bond donors (Lipinski definition) is 1. The summed E-state index contributed by atoms with van der Waals surface area (Å²) in [6.07, 6.45) is 0.336. The van der Waals surface area contributed by atoms with Crippen LogP contribution in [-0.2, 0) is 9.53 Å². The van der Waals surface area contributed by atoms with Gasteiger partial charge in [0.25, 0.3) is 0 Å². The van der Waals surface area contributed by atoms with Gasteiger partial charge in [-0.25, -0.2) is 0 Å². The Balaban J connectivity index is 2.22. The number of hydrogen-bond acceptors (Lipinski definition) is 2. The van der Waals surface area contributed by atoms with Crippen LogP contribution in [0, 0.1) is 5.92 Å². The van der Waals surface area contributed by atoms with E-state index in [4.69, 9.17) is 9.84 Å². The van der Waals surface area contributed by atoms with Gasteiger partial charge in [-0.2, -0.15) is 0 Å². The number of aliphatic carboxylic acids is 1. The predicted molar refractivity (Wildman–Crippen MR) is 50.9 cm³/mol. The molecule has 1 aromatic carbocycles. The van der Waals surface area contributed by atoms with E-state index in [1.807, 2.05) is 30.3 Å². The third-order valence-electron chi connectivity index (χ3n) is 2.54. The third-order valence-corrected chi connectivity index (χ3v) is 2.54. The topological polar surface area (TPSA) is 46.5 Å². The van der Waals surface area contributed by atoms with E-state index < -0.39 is 11.9 Å². The van der Waals surface area contributed by atoms with Crippen molar-refractivity contribution in [2.75, 3.05) is 6.61 Å². The first kappa shape index (κ1) is 9.21. The minimum atomic E-state index is -0.767. The first-order chi connectivity index (χ1) is 6.79. The summed E-state index contributed by atoms with van der Waals surface area (Å²) in [5.74, 6) is -1.16. The second kappa shape index (κ2) is 3.80. The van der Waals surface area contributed by atoms with Crippen LogP contribution in [0.4, 0.5) is 0 Å². The molecule has 1 saturated heterocycles. The molecule has 74 valence electrons. The van der Waals surface area contributed by atoms with Gasteiger partial charge in [-0.1, -0.05) is 30.3 Å². The SMILES string of the molecule is O=C(O)[C@H]1CCO[C@H]1c1ccccc1. The lowest BCUT2D eigenvalue weighted by Crippen LogP contribution is -2.17. The van der Waals surface area contributed by atoms with E-state index in [0.717, 1.165) is 5.56 Å². The summed E-state index contributed by atoms with van der Waals surface area (Å²) < 4.78 is 5.43. The maximum absolute atomic E-state index is 10.9. The number of rotatable bonds is 2. The van der Waals surface area contributed by atoms with Gasteiger partial charge in [-0.15, -0.1) is 0 Å². The van der Waals surface area contributed by atoms with Crippen LogP contribution in [0.15, 0.2) is 30.3 Å². The summed E-state index contributed by atoms with van der Waals surface area (Å²) in [5.41, 5.74) is 0.956. The van der Waals surface area contributed by atoms with Crippen molar-refractivity contribution in [1.82, 2.24) is 0 Å². The zero-order chi connectivity index (χ0) is 9.97. The molecule has 2 rings (SSSR count). The molecule has 1 N–H and O–H groups in total. The van der Waals surface area contributed by atoms with Gasteiger partial charge in [-0.3, -0.25) is 4.79 Å². The van der Waals surface area contributed by atoms with E-state index in [1.165, 1.54) is 0 Å². The van der Waals surface area contributed by atoms with Crippen molar-refractivity contribution >= 4 is 5.97 Å². The van der Waals surface area contributed by atoms with Crippen LogP contribution < -0.4 is 0 Å². The lowest BCUT2D eigenvalue weighted by atomic mass is 9.96. The van der Waals surface area contributed by atoms with Crippen molar-refractivity contribution in [3.05, 3.63) is 35.9 Å². The summed E-state index contributed by atoms with van der Waals surface area (Å²) in [6, 6.07) is 9.53. The second-order valence-electron chi connectivity index (χ2n) is 3.44. The maximum Gasteiger partial charge on any atom is 0.309 e. The van der Waals surface area contributed by atoms with Crippen molar-refractivity contribution in [2.45, 2.75) is 12.5 Å². The van der Waals surface area contributed by atoms with Crippen LogP contribution in [-0.4, -0.2) is 17.7 Å². The van der Waals surface area contributed by atoms with Gasteiger partial charge in [0.2, 0.25) is 0 Å². The van der Waals surface area contributed by atoms with E-state index in [1.54, 1.807) is 0 Å². The molecule has 0 bridgehead atoms.